The molecule has 1 aliphatic rings. The molecule has 1 aromatic carbocycles. The number of benzene rings is 1. The van der Waals surface area contributed by atoms with Gasteiger partial charge in [0.2, 0.25) is 11.7 Å². The van der Waals surface area contributed by atoms with Crippen LogP contribution in [0.5, 0.6) is 5.75 Å². The molecule has 0 aliphatic carbocycles. The summed E-state index contributed by atoms with van der Waals surface area (Å²) in [5, 5.41) is 3.90. The highest BCUT2D eigenvalue weighted by Gasteiger charge is 2.18. The van der Waals surface area contributed by atoms with Gasteiger partial charge in [0, 0.05) is 19.2 Å². The van der Waals surface area contributed by atoms with Crippen LogP contribution >= 0.6 is 0 Å². The van der Waals surface area contributed by atoms with Crippen molar-refractivity contribution in [2.45, 2.75) is 19.8 Å². The second-order valence-corrected chi connectivity index (χ2v) is 6.01. The Hall–Kier alpha value is -3.16. The average Bonchev–Trinajstić information content (AvgIpc) is 3.22. The standard InChI is InChI=1S/C17H16N4O4/c1-9-14(16(22)19-17(23)21(9)2)15-18-13(25-20-15)8-10-3-4-12-11(7-10)5-6-24-12/h3-4,7H,5-6,8H2,1-2H3,(H,19,22,23). The van der Waals surface area contributed by atoms with E-state index in [1.807, 2.05) is 12.1 Å². The van der Waals surface area contributed by atoms with Crippen molar-refractivity contribution in [1.82, 2.24) is 19.7 Å². The molecule has 1 N–H and O–H groups in total. The number of aromatic nitrogens is 4. The normalized spacial score (nSPS) is 12.9. The summed E-state index contributed by atoms with van der Waals surface area (Å²) in [5.74, 6) is 1.50. The lowest BCUT2D eigenvalue weighted by Gasteiger charge is -2.04. The summed E-state index contributed by atoms with van der Waals surface area (Å²) in [4.78, 5) is 30.3. The molecule has 0 radical (unpaired) electrons. The third-order valence-electron chi connectivity index (χ3n) is 4.42. The minimum absolute atomic E-state index is 0.175. The van der Waals surface area contributed by atoms with Crippen molar-refractivity contribution in [3.8, 4) is 17.1 Å². The van der Waals surface area contributed by atoms with Crippen LogP contribution in [0.3, 0.4) is 0 Å². The van der Waals surface area contributed by atoms with E-state index in [-0.39, 0.29) is 11.4 Å². The fourth-order valence-electron chi connectivity index (χ4n) is 2.94. The number of nitrogens with zero attached hydrogens (tertiary/aromatic N) is 3. The van der Waals surface area contributed by atoms with Crippen LogP contribution in [0.2, 0.25) is 0 Å². The molecule has 0 spiro atoms. The molecule has 4 rings (SSSR count). The van der Waals surface area contributed by atoms with Gasteiger partial charge in [-0.1, -0.05) is 17.3 Å². The Labute approximate surface area is 142 Å². The third-order valence-corrected chi connectivity index (χ3v) is 4.42. The predicted octanol–water partition coefficient (Wildman–Crippen LogP) is 0.958. The maximum atomic E-state index is 12.1. The molecule has 128 valence electrons. The van der Waals surface area contributed by atoms with Gasteiger partial charge in [-0.15, -0.1) is 0 Å². The number of aromatic amines is 1. The van der Waals surface area contributed by atoms with Gasteiger partial charge in [-0.2, -0.15) is 4.98 Å². The molecule has 0 fully saturated rings. The summed E-state index contributed by atoms with van der Waals surface area (Å²) in [6.45, 7) is 2.38. The Balaban J connectivity index is 1.66. The average molecular weight is 340 g/mol. The molecule has 3 aromatic rings. The van der Waals surface area contributed by atoms with Gasteiger partial charge in [0.1, 0.15) is 11.3 Å². The van der Waals surface area contributed by atoms with Crippen LogP contribution in [0.15, 0.2) is 32.3 Å². The van der Waals surface area contributed by atoms with E-state index in [2.05, 4.69) is 21.2 Å². The Morgan fingerprint density at radius 2 is 2.16 bits per heavy atom. The molecule has 25 heavy (non-hydrogen) atoms. The molecule has 3 heterocycles. The van der Waals surface area contributed by atoms with Crippen molar-refractivity contribution in [3.05, 3.63) is 61.7 Å². The van der Waals surface area contributed by atoms with Crippen LogP contribution in [-0.2, 0) is 19.9 Å². The SMILES string of the molecule is Cc1c(-c2noc(Cc3ccc4c(c3)CCO4)n2)c(=O)[nH]c(=O)n1C. The third kappa shape index (κ3) is 2.65. The highest BCUT2D eigenvalue weighted by molar-refractivity contribution is 5.55. The van der Waals surface area contributed by atoms with E-state index in [1.54, 1.807) is 14.0 Å². The molecule has 2 aromatic heterocycles. The summed E-state index contributed by atoms with van der Waals surface area (Å²) in [6.07, 6.45) is 1.36. The monoisotopic (exact) mass is 340 g/mol. The van der Waals surface area contributed by atoms with Crippen molar-refractivity contribution < 1.29 is 9.26 Å². The molecule has 0 bridgehead atoms. The van der Waals surface area contributed by atoms with Gasteiger partial charge >= 0.3 is 5.69 Å². The van der Waals surface area contributed by atoms with Crippen LogP contribution < -0.4 is 16.0 Å². The summed E-state index contributed by atoms with van der Waals surface area (Å²) in [7, 11) is 1.57. The highest BCUT2D eigenvalue weighted by atomic mass is 16.5. The van der Waals surface area contributed by atoms with Crippen LogP contribution in [0.1, 0.15) is 22.7 Å². The molecule has 8 nitrogen and oxygen atoms in total. The first-order valence-corrected chi connectivity index (χ1v) is 7.90. The van der Waals surface area contributed by atoms with Crippen molar-refractivity contribution in [1.29, 1.82) is 0 Å². The van der Waals surface area contributed by atoms with Gasteiger partial charge in [0.05, 0.1) is 13.0 Å². The number of rotatable bonds is 3. The van der Waals surface area contributed by atoms with Crippen LogP contribution in [-0.4, -0.2) is 26.3 Å². The van der Waals surface area contributed by atoms with Gasteiger partial charge < -0.3 is 13.8 Å². The van der Waals surface area contributed by atoms with E-state index < -0.39 is 11.2 Å². The molecule has 8 heteroatoms. The quantitative estimate of drug-likeness (QED) is 0.762. The maximum Gasteiger partial charge on any atom is 0.328 e. The summed E-state index contributed by atoms with van der Waals surface area (Å²) in [6, 6.07) is 5.96. The lowest BCUT2D eigenvalue weighted by Crippen LogP contribution is -2.31. The zero-order valence-corrected chi connectivity index (χ0v) is 13.8. The van der Waals surface area contributed by atoms with E-state index in [1.165, 1.54) is 10.1 Å². The van der Waals surface area contributed by atoms with E-state index in [4.69, 9.17) is 9.26 Å². The number of hydrogen-bond acceptors (Lipinski definition) is 6. The molecular formula is C17H16N4O4. The molecular weight excluding hydrogens is 324 g/mol. The number of nitrogens with one attached hydrogen (secondary N) is 1. The highest BCUT2D eigenvalue weighted by Crippen LogP contribution is 2.26. The first kappa shape index (κ1) is 15.4. The Morgan fingerprint density at radius 3 is 3.00 bits per heavy atom. The Kier molecular flexibility index (Phi) is 3.52. The zero-order valence-electron chi connectivity index (χ0n) is 13.8. The van der Waals surface area contributed by atoms with Crippen LogP contribution in [0.25, 0.3) is 11.4 Å². The number of H-pyrrole nitrogens is 1. The van der Waals surface area contributed by atoms with E-state index >= 15 is 0 Å². The van der Waals surface area contributed by atoms with E-state index in [0.717, 1.165) is 17.7 Å². The minimum Gasteiger partial charge on any atom is -0.493 e. The Morgan fingerprint density at radius 1 is 1.32 bits per heavy atom. The number of fused-ring (bicyclic) bond motifs is 1. The van der Waals surface area contributed by atoms with Crippen molar-refractivity contribution in [2.75, 3.05) is 6.61 Å². The fraction of sp³-hybridized carbons (Fsp3) is 0.294. The second kappa shape index (κ2) is 5.73. The largest absolute Gasteiger partial charge is 0.493 e. The van der Waals surface area contributed by atoms with Crippen LogP contribution in [0, 0.1) is 6.92 Å². The van der Waals surface area contributed by atoms with Gasteiger partial charge in [-0.05, 0) is 24.1 Å². The number of ether oxygens (including phenoxy) is 1. The van der Waals surface area contributed by atoms with E-state index in [9.17, 15) is 9.59 Å². The molecule has 1 aliphatic heterocycles. The fourth-order valence-corrected chi connectivity index (χ4v) is 2.94. The minimum atomic E-state index is -0.525. The first-order chi connectivity index (χ1) is 12.0. The smallest absolute Gasteiger partial charge is 0.328 e. The van der Waals surface area contributed by atoms with Gasteiger partial charge in [-0.3, -0.25) is 9.78 Å². The van der Waals surface area contributed by atoms with Gasteiger partial charge in [0.15, 0.2) is 0 Å². The lowest BCUT2D eigenvalue weighted by molar-refractivity contribution is 0.356. The Bertz CT molecular complexity index is 1080. The zero-order chi connectivity index (χ0) is 17.6. The van der Waals surface area contributed by atoms with Gasteiger partial charge in [-0.25, -0.2) is 4.79 Å². The second-order valence-electron chi connectivity index (χ2n) is 6.01. The maximum absolute atomic E-state index is 12.1. The molecule has 0 saturated heterocycles. The van der Waals surface area contributed by atoms with Gasteiger partial charge in [0.25, 0.3) is 5.56 Å². The number of hydrogen-bond donors (Lipinski definition) is 1. The predicted molar refractivity (Wildman–Crippen MR) is 88.8 cm³/mol. The molecule has 0 saturated carbocycles. The first-order valence-electron chi connectivity index (χ1n) is 7.90. The summed E-state index contributed by atoms with van der Waals surface area (Å²) in [5.41, 5.74) is 1.92. The van der Waals surface area contributed by atoms with Crippen molar-refractivity contribution in [2.24, 2.45) is 7.05 Å². The summed E-state index contributed by atoms with van der Waals surface area (Å²) >= 11 is 0. The summed E-state index contributed by atoms with van der Waals surface area (Å²) < 4.78 is 12.1. The topological polar surface area (TPSA) is 103 Å². The molecule has 0 unspecified atom stereocenters. The molecule has 0 amide bonds. The van der Waals surface area contributed by atoms with Crippen molar-refractivity contribution >= 4 is 0 Å². The van der Waals surface area contributed by atoms with Crippen LogP contribution in [0.4, 0.5) is 0 Å². The molecule has 0 atom stereocenters. The lowest BCUT2D eigenvalue weighted by atomic mass is 10.1. The van der Waals surface area contributed by atoms with E-state index in [0.29, 0.717) is 24.6 Å². The van der Waals surface area contributed by atoms with Crippen molar-refractivity contribution in [3.63, 3.8) is 0 Å².